The molecule has 0 atom stereocenters. The molecular weight excluding hydrogens is 366 g/mol. The van der Waals surface area contributed by atoms with Crippen LogP contribution in [0, 0.1) is 0 Å². The number of rotatable bonds is 3. The molecule has 2 heterocycles. The van der Waals surface area contributed by atoms with Gasteiger partial charge < -0.3 is 25.6 Å². The Balaban J connectivity index is 0.000000223. The van der Waals surface area contributed by atoms with Crippen LogP contribution in [0.3, 0.4) is 0 Å². The molecule has 0 bridgehead atoms. The molecule has 0 amide bonds. The fourth-order valence-electron chi connectivity index (χ4n) is 1.99. The van der Waals surface area contributed by atoms with E-state index in [1.54, 1.807) is 7.05 Å². The molecule has 0 aliphatic heterocycles. The van der Waals surface area contributed by atoms with Crippen molar-refractivity contribution in [2.75, 3.05) is 12.3 Å². The lowest BCUT2D eigenvalue weighted by molar-refractivity contribution is 0.168. The summed E-state index contributed by atoms with van der Waals surface area (Å²) in [6, 6.07) is 8.16. The molecular formula is C14H21N5O6S. The van der Waals surface area contributed by atoms with Crippen LogP contribution in [-0.2, 0) is 23.9 Å². The first-order valence-electron chi connectivity index (χ1n) is 7.21. The van der Waals surface area contributed by atoms with Gasteiger partial charge in [-0.05, 0) is 18.1 Å². The van der Waals surface area contributed by atoms with E-state index >= 15 is 0 Å². The molecule has 1 aromatic carbocycles. The van der Waals surface area contributed by atoms with Crippen molar-refractivity contribution in [1.29, 1.82) is 0 Å². The number of nitrogen functional groups attached to an aromatic ring is 1. The smallest absolute Gasteiger partial charge is 0.394 e. The van der Waals surface area contributed by atoms with E-state index in [0.29, 0.717) is 12.5 Å². The monoisotopic (exact) mass is 387 g/mol. The van der Waals surface area contributed by atoms with Crippen LogP contribution in [-0.4, -0.2) is 48.9 Å². The van der Waals surface area contributed by atoms with E-state index in [0.717, 1.165) is 11.9 Å². The van der Waals surface area contributed by atoms with Gasteiger partial charge in [-0.1, -0.05) is 18.2 Å². The first-order valence-corrected chi connectivity index (χ1v) is 8.61. The van der Waals surface area contributed by atoms with Crippen molar-refractivity contribution in [3.63, 3.8) is 0 Å². The van der Waals surface area contributed by atoms with Crippen molar-refractivity contribution in [1.82, 2.24) is 20.0 Å². The fourth-order valence-corrected chi connectivity index (χ4v) is 1.99. The van der Waals surface area contributed by atoms with E-state index in [9.17, 15) is 0 Å². The highest BCUT2D eigenvalue weighted by Crippen LogP contribution is 2.17. The van der Waals surface area contributed by atoms with Crippen LogP contribution in [0.2, 0.25) is 0 Å². The zero-order valence-corrected chi connectivity index (χ0v) is 14.7. The van der Waals surface area contributed by atoms with E-state index in [-0.39, 0.29) is 5.88 Å². The molecule has 26 heavy (non-hydrogen) atoms. The SMILES string of the molecule is Cn1cc(O)nc1N.O=S(=O)(O)O.ONCCc1c[nH]c2ccccc12. The molecule has 12 heteroatoms. The number of anilines is 1. The minimum absolute atomic E-state index is 0.0370. The molecule has 0 saturated carbocycles. The van der Waals surface area contributed by atoms with Gasteiger partial charge in [0.1, 0.15) is 0 Å². The summed E-state index contributed by atoms with van der Waals surface area (Å²) in [6.45, 7) is 0.585. The number of aromatic amines is 1. The fraction of sp³-hybridized carbons (Fsp3) is 0.214. The van der Waals surface area contributed by atoms with E-state index in [1.165, 1.54) is 21.7 Å². The summed E-state index contributed by atoms with van der Waals surface area (Å²) in [5.41, 5.74) is 9.77. The normalized spacial score (nSPS) is 10.6. The number of imidazole rings is 1. The van der Waals surface area contributed by atoms with Crippen LogP contribution < -0.4 is 11.2 Å². The lowest BCUT2D eigenvalue weighted by Gasteiger charge is -1.96. The van der Waals surface area contributed by atoms with Crippen LogP contribution in [0.25, 0.3) is 10.9 Å². The molecule has 3 rings (SSSR count). The van der Waals surface area contributed by atoms with Gasteiger partial charge in [-0.2, -0.15) is 13.4 Å². The average Bonchev–Trinajstić information content (AvgIpc) is 3.07. The first kappa shape index (κ1) is 21.4. The molecule has 0 saturated heterocycles. The number of aromatic hydroxyl groups is 1. The summed E-state index contributed by atoms with van der Waals surface area (Å²) in [5, 5.41) is 18.3. The van der Waals surface area contributed by atoms with Gasteiger partial charge in [0, 0.05) is 30.7 Å². The zero-order valence-electron chi connectivity index (χ0n) is 13.9. The second kappa shape index (κ2) is 9.74. The molecule has 0 unspecified atom stereocenters. The van der Waals surface area contributed by atoms with E-state index in [4.69, 9.17) is 33.6 Å². The van der Waals surface area contributed by atoms with Crippen molar-refractivity contribution >= 4 is 27.3 Å². The van der Waals surface area contributed by atoms with E-state index in [1.807, 2.05) is 24.4 Å². The Morgan fingerprint density at radius 2 is 1.92 bits per heavy atom. The van der Waals surface area contributed by atoms with Crippen LogP contribution in [0.15, 0.2) is 36.7 Å². The Labute approximate surface area is 149 Å². The molecule has 0 spiro atoms. The number of nitrogens with zero attached hydrogens (tertiary/aromatic N) is 2. The number of nitrogens with one attached hydrogen (secondary N) is 2. The molecule has 8 N–H and O–H groups in total. The lowest BCUT2D eigenvalue weighted by Crippen LogP contribution is -2.10. The number of hydrogen-bond acceptors (Lipinski definition) is 7. The minimum atomic E-state index is -4.67. The van der Waals surface area contributed by atoms with Crippen LogP contribution in [0.1, 0.15) is 5.56 Å². The average molecular weight is 387 g/mol. The number of hydroxylamine groups is 1. The Hall–Kier alpha value is -2.64. The van der Waals surface area contributed by atoms with Gasteiger partial charge in [-0.15, -0.1) is 0 Å². The summed E-state index contributed by atoms with van der Waals surface area (Å²) in [6.07, 6.45) is 4.26. The second-order valence-corrected chi connectivity index (χ2v) is 5.93. The molecule has 0 fully saturated rings. The van der Waals surface area contributed by atoms with Crippen LogP contribution in [0.4, 0.5) is 5.95 Å². The molecule has 144 valence electrons. The Morgan fingerprint density at radius 3 is 2.38 bits per heavy atom. The van der Waals surface area contributed by atoms with Crippen LogP contribution in [0.5, 0.6) is 5.88 Å². The standard InChI is InChI=1S/C10H12N2O.C4H7N3O.H2O4S/c13-12-6-5-8-7-11-10-4-2-1-3-9(8)10;1-7-2-3(8)6-4(7)5;1-5(2,3)4/h1-4,7,11-13H,5-6H2;2,8H,1H3,(H2,5,6);(H2,1,2,3,4). The second-order valence-electron chi connectivity index (χ2n) is 5.03. The number of benzene rings is 1. The van der Waals surface area contributed by atoms with E-state index < -0.39 is 10.4 Å². The predicted octanol–water partition coefficient (Wildman–Crippen LogP) is 0.744. The van der Waals surface area contributed by atoms with Crippen molar-refractivity contribution in [2.45, 2.75) is 6.42 Å². The van der Waals surface area contributed by atoms with Gasteiger partial charge >= 0.3 is 10.4 Å². The predicted molar refractivity (Wildman–Crippen MR) is 95.3 cm³/mol. The molecule has 11 nitrogen and oxygen atoms in total. The maximum absolute atomic E-state index is 8.74. The zero-order chi connectivity index (χ0) is 19.7. The van der Waals surface area contributed by atoms with Gasteiger partial charge in [0.05, 0.1) is 6.20 Å². The minimum Gasteiger partial charge on any atom is -0.492 e. The van der Waals surface area contributed by atoms with E-state index in [2.05, 4.69) is 21.5 Å². The summed E-state index contributed by atoms with van der Waals surface area (Å²) < 4.78 is 33.1. The lowest BCUT2D eigenvalue weighted by atomic mass is 10.1. The summed E-state index contributed by atoms with van der Waals surface area (Å²) >= 11 is 0. The molecule has 2 aromatic heterocycles. The van der Waals surface area contributed by atoms with Crippen molar-refractivity contribution < 1.29 is 27.8 Å². The van der Waals surface area contributed by atoms with Gasteiger partial charge in [0.25, 0.3) is 0 Å². The summed E-state index contributed by atoms with van der Waals surface area (Å²) in [5.74, 6) is 0.285. The van der Waals surface area contributed by atoms with Crippen molar-refractivity contribution in [3.8, 4) is 5.88 Å². The first-order chi connectivity index (χ1) is 12.1. The molecule has 0 aliphatic rings. The third-order valence-corrected chi connectivity index (χ3v) is 3.08. The number of fused-ring (bicyclic) bond motifs is 1. The highest BCUT2D eigenvalue weighted by molar-refractivity contribution is 7.79. The Morgan fingerprint density at radius 1 is 1.31 bits per heavy atom. The summed E-state index contributed by atoms with van der Waals surface area (Å²) in [7, 11) is -2.96. The maximum atomic E-state index is 8.74. The molecule has 0 aliphatic carbocycles. The number of nitrogens with two attached hydrogens (primary N) is 1. The number of H-pyrrole nitrogens is 1. The number of aryl methyl sites for hydroxylation is 1. The van der Waals surface area contributed by atoms with Crippen molar-refractivity contribution in [3.05, 3.63) is 42.2 Å². The van der Waals surface area contributed by atoms with Gasteiger partial charge in [-0.25, -0.2) is 5.48 Å². The number of aromatic nitrogens is 3. The third kappa shape index (κ3) is 7.96. The van der Waals surface area contributed by atoms with Crippen molar-refractivity contribution in [2.24, 2.45) is 7.05 Å². The van der Waals surface area contributed by atoms with Gasteiger partial charge in [0.2, 0.25) is 11.8 Å². The number of para-hydroxylation sites is 1. The highest BCUT2D eigenvalue weighted by atomic mass is 32.3. The quantitative estimate of drug-likeness (QED) is 0.251. The largest absolute Gasteiger partial charge is 0.492 e. The molecule has 0 radical (unpaired) electrons. The van der Waals surface area contributed by atoms with Crippen LogP contribution >= 0.6 is 0 Å². The molecule has 3 aromatic rings. The van der Waals surface area contributed by atoms with Gasteiger partial charge in [0.15, 0.2) is 0 Å². The Kier molecular flexibility index (Phi) is 8.02. The highest BCUT2D eigenvalue weighted by Gasteiger charge is 2.01. The third-order valence-electron chi connectivity index (χ3n) is 3.08. The maximum Gasteiger partial charge on any atom is 0.394 e. The Bertz CT molecular complexity index is 893. The topological polar surface area (TPSA) is 187 Å². The van der Waals surface area contributed by atoms with Gasteiger partial charge in [-0.3, -0.25) is 9.11 Å². The number of hydrogen-bond donors (Lipinski definition) is 7. The summed E-state index contributed by atoms with van der Waals surface area (Å²) in [4.78, 5) is 6.69.